The summed E-state index contributed by atoms with van der Waals surface area (Å²) in [5.41, 5.74) is 2.66. The summed E-state index contributed by atoms with van der Waals surface area (Å²) in [6, 6.07) is 7.33. The van der Waals surface area contributed by atoms with Gasteiger partial charge in [0.25, 0.3) is 11.8 Å². The first-order valence-corrected chi connectivity index (χ1v) is 6.93. The van der Waals surface area contributed by atoms with Gasteiger partial charge in [0.1, 0.15) is 5.57 Å². The van der Waals surface area contributed by atoms with Gasteiger partial charge in [0.2, 0.25) is 0 Å². The SMILES string of the molecule is CC(NCc1ccc(C)cc1)=C1C(=O)N(C)C(=O)N(C)C1=O. The zero-order valence-electron chi connectivity index (χ0n) is 13.1. The number of amides is 4. The number of allylic oxidation sites excluding steroid dienone is 1. The van der Waals surface area contributed by atoms with Crippen LogP contribution in [0.5, 0.6) is 0 Å². The van der Waals surface area contributed by atoms with E-state index in [-0.39, 0.29) is 5.57 Å². The van der Waals surface area contributed by atoms with Crippen molar-refractivity contribution in [1.82, 2.24) is 15.1 Å². The molecule has 116 valence electrons. The third kappa shape index (κ3) is 2.86. The highest BCUT2D eigenvalue weighted by Gasteiger charge is 2.39. The maximum Gasteiger partial charge on any atom is 0.333 e. The molecule has 4 amide bonds. The second-order valence-corrected chi connectivity index (χ2v) is 5.35. The van der Waals surface area contributed by atoms with Crippen molar-refractivity contribution in [3.8, 4) is 0 Å². The summed E-state index contributed by atoms with van der Waals surface area (Å²) in [6.07, 6.45) is 0. The summed E-state index contributed by atoms with van der Waals surface area (Å²) in [6.45, 7) is 4.17. The molecule has 0 aromatic heterocycles. The molecule has 1 aromatic rings. The fourth-order valence-electron chi connectivity index (χ4n) is 2.18. The molecule has 2 rings (SSSR count). The Morgan fingerprint density at radius 2 is 1.50 bits per heavy atom. The zero-order valence-corrected chi connectivity index (χ0v) is 13.1. The lowest BCUT2D eigenvalue weighted by Gasteiger charge is -2.30. The molecule has 0 aliphatic carbocycles. The van der Waals surface area contributed by atoms with Gasteiger partial charge in [-0.15, -0.1) is 0 Å². The van der Waals surface area contributed by atoms with Crippen molar-refractivity contribution < 1.29 is 14.4 Å². The van der Waals surface area contributed by atoms with Gasteiger partial charge in [0.15, 0.2) is 0 Å². The Labute approximate surface area is 129 Å². The number of rotatable bonds is 3. The van der Waals surface area contributed by atoms with Crippen LogP contribution in [0, 0.1) is 6.92 Å². The van der Waals surface area contributed by atoms with Gasteiger partial charge in [-0.3, -0.25) is 19.4 Å². The molecule has 0 saturated carbocycles. The van der Waals surface area contributed by atoms with E-state index >= 15 is 0 Å². The summed E-state index contributed by atoms with van der Waals surface area (Å²) >= 11 is 0. The average molecular weight is 301 g/mol. The van der Waals surface area contributed by atoms with Crippen molar-refractivity contribution in [2.45, 2.75) is 20.4 Å². The van der Waals surface area contributed by atoms with E-state index in [2.05, 4.69) is 5.32 Å². The Balaban J connectivity index is 2.20. The van der Waals surface area contributed by atoms with Gasteiger partial charge >= 0.3 is 6.03 Å². The Morgan fingerprint density at radius 1 is 1.00 bits per heavy atom. The molecule has 1 N–H and O–H groups in total. The van der Waals surface area contributed by atoms with Crippen molar-refractivity contribution in [1.29, 1.82) is 0 Å². The van der Waals surface area contributed by atoms with E-state index in [0.717, 1.165) is 15.4 Å². The Kier molecular flexibility index (Phi) is 4.30. The predicted octanol–water partition coefficient (Wildman–Crippen LogP) is 1.41. The third-order valence-electron chi connectivity index (χ3n) is 3.66. The van der Waals surface area contributed by atoms with Crippen LogP contribution in [0.3, 0.4) is 0 Å². The van der Waals surface area contributed by atoms with Gasteiger partial charge in [0.05, 0.1) is 0 Å². The first kappa shape index (κ1) is 15.8. The van der Waals surface area contributed by atoms with E-state index in [0.29, 0.717) is 12.2 Å². The van der Waals surface area contributed by atoms with Gasteiger partial charge in [-0.05, 0) is 19.4 Å². The van der Waals surface area contributed by atoms with Gasteiger partial charge in [-0.25, -0.2) is 4.79 Å². The van der Waals surface area contributed by atoms with Crippen LogP contribution in [0.15, 0.2) is 35.5 Å². The first-order chi connectivity index (χ1) is 10.3. The molecule has 1 aliphatic heterocycles. The van der Waals surface area contributed by atoms with Gasteiger partial charge in [0, 0.05) is 26.3 Å². The minimum absolute atomic E-state index is 0.00304. The van der Waals surface area contributed by atoms with Crippen molar-refractivity contribution in [3.05, 3.63) is 46.7 Å². The summed E-state index contributed by atoms with van der Waals surface area (Å²) in [4.78, 5) is 37.9. The minimum Gasteiger partial charge on any atom is -0.384 e. The topological polar surface area (TPSA) is 69.7 Å². The van der Waals surface area contributed by atoms with E-state index in [1.54, 1.807) is 6.92 Å². The van der Waals surface area contributed by atoms with Gasteiger partial charge in [-0.2, -0.15) is 0 Å². The average Bonchev–Trinajstić information content (AvgIpc) is 2.50. The Bertz CT molecular complexity index is 636. The third-order valence-corrected chi connectivity index (χ3v) is 3.66. The molecule has 0 atom stereocenters. The predicted molar refractivity (Wildman–Crippen MR) is 81.7 cm³/mol. The van der Waals surface area contributed by atoms with Crippen LogP contribution in [0.2, 0.25) is 0 Å². The summed E-state index contributed by atoms with van der Waals surface area (Å²) in [5.74, 6) is -1.16. The van der Waals surface area contributed by atoms with Crippen LogP contribution >= 0.6 is 0 Å². The highest BCUT2D eigenvalue weighted by Crippen LogP contribution is 2.17. The molecule has 0 radical (unpaired) electrons. The number of nitrogens with zero attached hydrogens (tertiary/aromatic N) is 2. The summed E-state index contributed by atoms with van der Waals surface area (Å²) < 4.78 is 0. The number of carbonyl (C=O) groups excluding carboxylic acids is 3. The number of hydrogen-bond acceptors (Lipinski definition) is 4. The largest absolute Gasteiger partial charge is 0.384 e. The highest BCUT2D eigenvalue weighted by molar-refractivity contribution is 6.28. The van der Waals surface area contributed by atoms with Crippen molar-refractivity contribution in [3.63, 3.8) is 0 Å². The number of carbonyl (C=O) groups is 3. The Hall–Kier alpha value is -2.63. The molecule has 6 heteroatoms. The normalized spacial score (nSPS) is 15.5. The molecular weight excluding hydrogens is 282 g/mol. The fourth-order valence-corrected chi connectivity index (χ4v) is 2.18. The van der Waals surface area contributed by atoms with Crippen LogP contribution in [-0.2, 0) is 16.1 Å². The van der Waals surface area contributed by atoms with Crippen LogP contribution < -0.4 is 5.32 Å². The van der Waals surface area contributed by atoms with E-state index in [1.165, 1.54) is 19.7 Å². The minimum atomic E-state index is -0.620. The number of aryl methyl sites for hydroxylation is 1. The molecule has 1 fully saturated rings. The standard InChI is InChI=1S/C16H19N3O3/c1-10-5-7-12(8-6-10)9-17-11(2)13-14(20)18(3)16(22)19(4)15(13)21/h5-8,17H,9H2,1-4H3. The molecule has 1 aromatic carbocycles. The van der Waals surface area contributed by atoms with Crippen LogP contribution in [0.1, 0.15) is 18.1 Å². The maximum atomic E-state index is 12.1. The van der Waals surface area contributed by atoms with Gasteiger partial charge in [-0.1, -0.05) is 29.8 Å². The zero-order chi connectivity index (χ0) is 16.4. The first-order valence-electron chi connectivity index (χ1n) is 6.93. The molecule has 1 saturated heterocycles. The van der Waals surface area contributed by atoms with E-state index in [4.69, 9.17) is 0 Å². The second-order valence-electron chi connectivity index (χ2n) is 5.35. The highest BCUT2D eigenvalue weighted by atomic mass is 16.2. The van der Waals surface area contributed by atoms with Crippen molar-refractivity contribution >= 4 is 17.8 Å². The molecule has 0 unspecified atom stereocenters. The number of barbiturate groups is 1. The van der Waals surface area contributed by atoms with E-state index in [9.17, 15) is 14.4 Å². The van der Waals surface area contributed by atoms with Crippen LogP contribution in [-0.4, -0.2) is 41.7 Å². The molecule has 0 bridgehead atoms. The Morgan fingerprint density at radius 3 is 2.00 bits per heavy atom. The van der Waals surface area contributed by atoms with Crippen molar-refractivity contribution in [2.24, 2.45) is 0 Å². The number of imide groups is 2. The quantitative estimate of drug-likeness (QED) is 0.677. The summed E-state index contributed by atoms with van der Waals surface area (Å²) in [5, 5.41) is 3.08. The lowest BCUT2D eigenvalue weighted by molar-refractivity contribution is -0.134. The maximum absolute atomic E-state index is 12.1. The number of hydrogen-bond donors (Lipinski definition) is 1. The van der Waals surface area contributed by atoms with E-state index in [1.807, 2.05) is 31.2 Å². The molecule has 6 nitrogen and oxygen atoms in total. The monoisotopic (exact) mass is 301 g/mol. The van der Waals surface area contributed by atoms with E-state index < -0.39 is 17.8 Å². The summed E-state index contributed by atoms with van der Waals surface area (Å²) in [7, 11) is 2.72. The molecule has 1 heterocycles. The number of likely N-dealkylation sites (N-methyl/N-ethyl adjacent to an activating group) is 2. The number of urea groups is 1. The lowest BCUT2D eigenvalue weighted by atomic mass is 10.1. The second kappa shape index (κ2) is 6.01. The molecule has 0 spiro atoms. The van der Waals surface area contributed by atoms with Crippen LogP contribution in [0.4, 0.5) is 4.79 Å². The molecule has 22 heavy (non-hydrogen) atoms. The van der Waals surface area contributed by atoms with Gasteiger partial charge < -0.3 is 5.32 Å². The molecule has 1 aliphatic rings. The molecular formula is C16H19N3O3. The smallest absolute Gasteiger partial charge is 0.333 e. The fraction of sp³-hybridized carbons (Fsp3) is 0.312. The number of nitrogens with one attached hydrogen (secondary N) is 1. The lowest BCUT2D eigenvalue weighted by Crippen LogP contribution is -2.53. The van der Waals surface area contributed by atoms with Crippen molar-refractivity contribution in [2.75, 3.05) is 14.1 Å². The van der Waals surface area contributed by atoms with Crippen LogP contribution in [0.25, 0.3) is 0 Å². The number of benzene rings is 1.